The van der Waals surface area contributed by atoms with E-state index in [1.54, 1.807) is 0 Å². The molecular formula is C9H13ClN2. The highest BCUT2D eigenvalue weighted by atomic mass is 35.5. The smallest absolute Gasteiger partial charge is 0.154 e. The third-order valence-electron chi connectivity index (χ3n) is 2.51. The fourth-order valence-corrected chi connectivity index (χ4v) is 2.18. The minimum absolute atomic E-state index is 0.728. The third-order valence-corrected chi connectivity index (χ3v) is 2.81. The molecule has 66 valence electrons. The van der Waals surface area contributed by atoms with Crippen molar-refractivity contribution in [3.8, 4) is 0 Å². The van der Waals surface area contributed by atoms with Gasteiger partial charge in [0.05, 0.1) is 0 Å². The van der Waals surface area contributed by atoms with Crippen LogP contribution in [0.4, 0.5) is 0 Å². The maximum Gasteiger partial charge on any atom is 0.154 e. The quantitative estimate of drug-likeness (QED) is 0.656. The van der Waals surface area contributed by atoms with E-state index >= 15 is 0 Å². The normalized spacial score (nSPS) is 16.2. The van der Waals surface area contributed by atoms with Crippen LogP contribution in [0.2, 0.25) is 5.15 Å². The molecule has 3 heteroatoms. The molecule has 2 nitrogen and oxygen atoms in total. The Bertz CT molecular complexity index is 291. The third kappa shape index (κ3) is 1.14. The molecule has 2 rings (SSSR count). The van der Waals surface area contributed by atoms with Crippen molar-refractivity contribution in [2.45, 2.75) is 39.2 Å². The molecule has 12 heavy (non-hydrogen) atoms. The highest BCUT2D eigenvalue weighted by molar-refractivity contribution is 6.30. The van der Waals surface area contributed by atoms with E-state index in [0.717, 1.165) is 24.5 Å². The predicted octanol–water partition coefficient (Wildman–Crippen LogP) is 2.44. The molecule has 1 heterocycles. The summed E-state index contributed by atoms with van der Waals surface area (Å²) in [7, 11) is 0. The van der Waals surface area contributed by atoms with Crippen LogP contribution in [0.1, 0.15) is 31.0 Å². The standard InChI is InChI=1S/C9H13ClN2/c1-2-12-8-6-4-3-5-7(8)9(10)11-12/h2-6H2,1H3. The second kappa shape index (κ2) is 3.09. The summed E-state index contributed by atoms with van der Waals surface area (Å²) >= 11 is 6.01. The molecule has 0 radical (unpaired) electrons. The molecule has 0 bridgehead atoms. The zero-order valence-corrected chi connectivity index (χ0v) is 8.06. The average Bonchev–Trinajstić information content (AvgIpc) is 2.44. The molecule has 0 fully saturated rings. The van der Waals surface area contributed by atoms with Gasteiger partial charge in [-0.25, -0.2) is 0 Å². The molecule has 0 aromatic carbocycles. The lowest BCUT2D eigenvalue weighted by atomic mass is 9.98. The Hall–Kier alpha value is -0.500. The topological polar surface area (TPSA) is 17.8 Å². The Morgan fingerprint density at radius 3 is 2.92 bits per heavy atom. The van der Waals surface area contributed by atoms with Crippen LogP contribution in [0.5, 0.6) is 0 Å². The van der Waals surface area contributed by atoms with E-state index in [9.17, 15) is 0 Å². The Morgan fingerprint density at radius 2 is 2.17 bits per heavy atom. The molecule has 0 amide bonds. The Kier molecular flexibility index (Phi) is 2.09. The maximum atomic E-state index is 6.01. The molecule has 1 aliphatic carbocycles. The van der Waals surface area contributed by atoms with Crippen LogP contribution in [-0.4, -0.2) is 9.78 Å². The van der Waals surface area contributed by atoms with Crippen molar-refractivity contribution < 1.29 is 0 Å². The van der Waals surface area contributed by atoms with Gasteiger partial charge in [-0.15, -0.1) is 0 Å². The lowest BCUT2D eigenvalue weighted by molar-refractivity contribution is 0.581. The number of hydrogen-bond acceptors (Lipinski definition) is 1. The van der Waals surface area contributed by atoms with Gasteiger partial charge in [0.2, 0.25) is 0 Å². The van der Waals surface area contributed by atoms with Crippen LogP contribution in [-0.2, 0) is 19.4 Å². The first kappa shape index (κ1) is 8.11. The first-order valence-electron chi connectivity index (χ1n) is 4.57. The van der Waals surface area contributed by atoms with Gasteiger partial charge < -0.3 is 0 Å². The highest BCUT2D eigenvalue weighted by Gasteiger charge is 2.18. The highest BCUT2D eigenvalue weighted by Crippen LogP contribution is 2.27. The molecule has 1 aliphatic rings. The number of aromatic nitrogens is 2. The minimum atomic E-state index is 0.728. The molecule has 0 unspecified atom stereocenters. The molecular weight excluding hydrogens is 172 g/mol. The van der Waals surface area contributed by atoms with Crippen LogP contribution < -0.4 is 0 Å². The lowest BCUT2D eigenvalue weighted by Crippen LogP contribution is -2.07. The monoisotopic (exact) mass is 184 g/mol. The number of hydrogen-bond donors (Lipinski definition) is 0. The molecule has 1 aromatic heterocycles. The molecule has 0 aliphatic heterocycles. The fraction of sp³-hybridized carbons (Fsp3) is 0.667. The molecule has 0 spiro atoms. The van der Waals surface area contributed by atoms with Crippen LogP contribution >= 0.6 is 11.6 Å². The molecule has 0 atom stereocenters. The fourth-order valence-electron chi connectivity index (χ4n) is 1.88. The maximum absolute atomic E-state index is 6.01. The lowest BCUT2D eigenvalue weighted by Gasteiger charge is -2.12. The first-order valence-corrected chi connectivity index (χ1v) is 4.94. The van der Waals surface area contributed by atoms with E-state index in [2.05, 4.69) is 12.0 Å². The van der Waals surface area contributed by atoms with Crippen molar-refractivity contribution in [2.75, 3.05) is 0 Å². The van der Waals surface area contributed by atoms with Crippen molar-refractivity contribution in [2.24, 2.45) is 0 Å². The molecule has 0 saturated carbocycles. The Labute approximate surface area is 77.5 Å². The van der Waals surface area contributed by atoms with E-state index < -0.39 is 0 Å². The Balaban J connectivity index is 2.47. The van der Waals surface area contributed by atoms with Crippen LogP contribution in [0, 0.1) is 0 Å². The average molecular weight is 185 g/mol. The van der Waals surface area contributed by atoms with Crippen LogP contribution in [0.3, 0.4) is 0 Å². The zero-order chi connectivity index (χ0) is 8.55. The van der Waals surface area contributed by atoms with Gasteiger partial charge in [0.25, 0.3) is 0 Å². The summed E-state index contributed by atoms with van der Waals surface area (Å²) in [6.07, 6.45) is 4.83. The summed E-state index contributed by atoms with van der Waals surface area (Å²) in [6, 6.07) is 0. The molecule has 0 saturated heterocycles. The van der Waals surface area contributed by atoms with E-state index in [1.165, 1.54) is 24.1 Å². The van der Waals surface area contributed by atoms with Gasteiger partial charge in [-0.05, 0) is 32.6 Å². The number of aryl methyl sites for hydroxylation is 1. The van der Waals surface area contributed by atoms with Gasteiger partial charge >= 0.3 is 0 Å². The largest absolute Gasteiger partial charge is 0.268 e. The zero-order valence-electron chi connectivity index (χ0n) is 7.31. The van der Waals surface area contributed by atoms with Gasteiger partial charge in [0, 0.05) is 17.8 Å². The summed E-state index contributed by atoms with van der Waals surface area (Å²) < 4.78 is 2.04. The van der Waals surface area contributed by atoms with E-state index in [4.69, 9.17) is 11.6 Å². The summed E-state index contributed by atoms with van der Waals surface area (Å²) in [5, 5.41) is 5.02. The van der Waals surface area contributed by atoms with Gasteiger partial charge in [0.1, 0.15) is 0 Å². The van der Waals surface area contributed by atoms with Gasteiger partial charge in [0.15, 0.2) is 5.15 Å². The van der Waals surface area contributed by atoms with Crippen molar-refractivity contribution in [3.63, 3.8) is 0 Å². The molecule has 0 N–H and O–H groups in total. The molecule has 1 aromatic rings. The van der Waals surface area contributed by atoms with Gasteiger partial charge in [-0.2, -0.15) is 5.10 Å². The summed E-state index contributed by atoms with van der Waals surface area (Å²) in [5.74, 6) is 0. The van der Waals surface area contributed by atoms with Gasteiger partial charge in [-0.1, -0.05) is 11.6 Å². The SMILES string of the molecule is CCn1nc(Cl)c2c1CCCC2. The van der Waals surface area contributed by atoms with Crippen molar-refractivity contribution in [1.82, 2.24) is 9.78 Å². The predicted molar refractivity (Wildman–Crippen MR) is 49.6 cm³/mol. The Morgan fingerprint density at radius 1 is 1.42 bits per heavy atom. The summed E-state index contributed by atoms with van der Waals surface area (Å²) in [6.45, 7) is 3.05. The number of fused-ring (bicyclic) bond motifs is 1. The number of rotatable bonds is 1. The second-order valence-electron chi connectivity index (χ2n) is 3.24. The van der Waals surface area contributed by atoms with Crippen molar-refractivity contribution in [3.05, 3.63) is 16.4 Å². The summed E-state index contributed by atoms with van der Waals surface area (Å²) in [5.41, 5.74) is 2.67. The van der Waals surface area contributed by atoms with E-state index in [0.29, 0.717) is 0 Å². The van der Waals surface area contributed by atoms with Crippen LogP contribution in [0.15, 0.2) is 0 Å². The second-order valence-corrected chi connectivity index (χ2v) is 3.60. The van der Waals surface area contributed by atoms with E-state index in [1.807, 2.05) is 4.68 Å². The first-order chi connectivity index (χ1) is 5.83. The summed E-state index contributed by atoms with van der Waals surface area (Å²) in [4.78, 5) is 0. The number of nitrogens with zero attached hydrogens (tertiary/aromatic N) is 2. The van der Waals surface area contributed by atoms with Crippen molar-refractivity contribution in [1.29, 1.82) is 0 Å². The van der Waals surface area contributed by atoms with E-state index in [-0.39, 0.29) is 0 Å². The van der Waals surface area contributed by atoms with Crippen molar-refractivity contribution >= 4 is 11.6 Å². The van der Waals surface area contributed by atoms with Crippen LogP contribution in [0.25, 0.3) is 0 Å². The number of halogens is 1. The van der Waals surface area contributed by atoms with Gasteiger partial charge in [-0.3, -0.25) is 4.68 Å². The minimum Gasteiger partial charge on any atom is -0.268 e.